The van der Waals surface area contributed by atoms with Crippen molar-refractivity contribution >= 4 is 5.84 Å². The zero-order chi connectivity index (χ0) is 13.4. The average molecular weight is 248 g/mol. The zero-order valence-electron chi connectivity index (χ0n) is 10.9. The molecule has 0 aliphatic heterocycles. The zero-order valence-corrected chi connectivity index (χ0v) is 10.9. The van der Waals surface area contributed by atoms with Gasteiger partial charge in [0.15, 0.2) is 0 Å². The maximum absolute atomic E-state index is 12.0. The lowest BCUT2D eigenvalue weighted by Crippen LogP contribution is -2.52. The number of amidine groups is 1. The highest BCUT2D eigenvalue weighted by Gasteiger charge is 2.17. The van der Waals surface area contributed by atoms with Crippen molar-refractivity contribution in [1.82, 2.24) is 5.32 Å². The molecule has 0 rings (SSSR count). The number of aliphatic hydroxyl groups excluding tert-OH is 1. The standard InChI is InChI=1S/C11H25FN4O/c1-7(2)5-16-11(14)10(13)8(3)15-6-9(17)4-12/h7-10,15,17H,4-6,13H2,1-3H3,(H2,14,16). The van der Waals surface area contributed by atoms with Crippen LogP contribution in [0.15, 0.2) is 4.99 Å². The van der Waals surface area contributed by atoms with E-state index in [1.165, 1.54) is 0 Å². The molecule has 6 heteroatoms. The molecule has 0 aliphatic rings. The molecule has 0 heterocycles. The highest BCUT2D eigenvalue weighted by Crippen LogP contribution is 1.96. The Morgan fingerprint density at radius 2 is 2.00 bits per heavy atom. The summed E-state index contributed by atoms with van der Waals surface area (Å²) < 4.78 is 12.0. The first-order valence-corrected chi connectivity index (χ1v) is 5.91. The van der Waals surface area contributed by atoms with Gasteiger partial charge in [-0.15, -0.1) is 0 Å². The van der Waals surface area contributed by atoms with E-state index in [-0.39, 0.29) is 12.6 Å². The largest absolute Gasteiger partial charge is 0.389 e. The predicted molar refractivity (Wildman–Crippen MR) is 68.7 cm³/mol. The Labute approximate surface area is 102 Å². The fourth-order valence-electron chi connectivity index (χ4n) is 1.15. The topological polar surface area (TPSA) is 96.7 Å². The molecule has 6 N–H and O–H groups in total. The van der Waals surface area contributed by atoms with Gasteiger partial charge in [-0.25, -0.2) is 4.39 Å². The Morgan fingerprint density at radius 1 is 1.41 bits per heavy atom. The molecule has 0 spiro atoms. The van der Waals surface area contributed by atoms with Crippen molar-refractivity contribution in [2.24, 2.45) is 22.4 Å². The fourth-order valence-corrected chi connectivity index (χ4v) is 1.15. The molecular weight excluding hydrogens is 223 g/mol. The van der Waals surface area contributed by atoms with Gasteiger partial charge in [0.05, 0.1) is 12.1 Å². The number of aliphatic hydroxyl groups is 1. The smallest absolute Gasteiger partial charge is 0.117 e. The molecule has 102 valence electrons. The monoisotopic (exact) mass is 248 g/mol. The first-order valence-electron chi connectivity index (χ1n) is 5.91. The Morgan fingerprint density at radius 3 is 2.47 bits per heavy atom. The van der Waals surface area contributed by atoms with Gasteiger partial charge in [-0.3, -0.25) is 4.99 Å². The summed E-state index contributed by atoms with van der Waals surface area (Å²) in [4.78, 5) is 4.18. The van der Waals surface area contributed by atoms with Gasteiger partial charge in [0.2, 0.25) is 0 Å². The van der Waals surface area contributed by atoms with Crippen LogP contribution in [0.1, 0.15) is 20.8 Å². The molecule has 0 amide bonds. The van der Waals surface area contributed by atoms with Crippen LogP contribution in [0.5, 0.6) is 0 Å². The number of nitrogens with zero attached hydrogens (tertiary/aromatic N) is 1. The van der Waals surface area contributed by atoms with Crippen LogP contribution in [0.2, 0.25) is 0 Å². The highest BCUT2D eigenvalue weighted by atomic mass is 19.1. The molecule has 3 unspecified atom stereocenters. The minimum atomic E-state index is -1.00. The minimum Gasteiger partial charge on any atom is -0.389 e. The lowest BCUT2D eigenvalue weighted by Gasteiger charge is -2.22. The van der Waals surface area contributed by atoms with Gasteiger partial charge in [0.1, 0.15) is 12.5 Å². The van der Waals surface area contributed by atoms with Crippen LogP contribution in [0.4, 0.5) is 4.39 Å². The van der Waals surface area contributed by atoms with E-state index in [0.29, 0.717) is 18.3 Å². The highest BCUT2D eigenvalue weighted by molar-refractivity contribution is 5.86. The average Bonchev–Trinajstić information content (AvgIpc) is 2.31. The summed E-state index contributed by atoms with van der Waals surface area (Å²) in [6.07, 6.45) is -1.00. The number of hydrogen-bond donors (Lipinski definition) is 4. The lowest BCUT2D eigenvalue weighted by atomic mass is 10.1. The summed E-state index contributed by atoms with van der Waals surface area (Å²) in [7, 11) is 0. The van der Waals surface area contributed by atoms with Gasteiger partial charge in [-0.2, -0.15) is 0 Å². The van der Waals surface area contributed by atoms with Crippen LogP contribution in [0.25, 0.3) is 0 Å². The van der Waals surface area contributed by atoms with E-state index < -0.39 is 18.8 Å². The summed E-state index contributed by atoms with van der Waals surface area (Å²) in [5.74, 6) is 0.811. The second kappa shape index (κ2) is 8.38. The first-order chi connectivity index (χ1) is 7.88. The summed E-state index contributed by atoms with van der Waals surface area (Å²) in [6.45, 7) is 5.94. The van der Waals surface area contributed by atoms with Gasteiger partial charge in [-0.1, -0.05) is 13.8 Å². The Kier molecular flexibility index (Phi) is 8.03. The van der Waals surface area contributed by atoms with E-state index in [1.807, 2.05) is 20.8 Å². The summed E-state index contributed by atoms with van der Waals surface area (Å²) in [6, 6.07) is -0.590. The summed E-state index contributed by atoms with van der Waals surface area (Å²) >= 11 is 0. The van der Waals surface area contributed by atoms with Crippen molar-refractivity contribution in [2.75, 3.05) is 19.8 Å². The van der Waals surface area contributed by atoms with Gasteiger partial charge in [0, 0.05) is 19.1 Å². The third-order valence-electron chi connectivity index (χ3n) is 2.37. The molecule has 0 saturated carbocycles. The first kappa shape index (κ1) is 16.3. The van der Waals surface area contributed by atoms with E-state index in [4.69, 9.17) is 16.6 Å². The second-order valence-electron chi connectivity index (χ2n) is 4.69. The van der Waals surface area contributed by atoms with Crippen LogP contribution in [-0.2, 0) is 0 Å². The molecule has 0 fully saturated rings. The molecule has 5 nitrogen and oxygen atoms in total. The van der Waals surface area contributed by atoms with Gasteiger partial charge in [-0.05, 0) is 12.8 Å². The normalized spacial score (nSPS) is 18.2. The fraction of sp³-hybridized carbons (Fsp3) is 0.909. The molecule has 17 heavy (non-hydrogen) atoms. The van der Waals surface area contributed by atoms with Crippen LogP contribution in [0.3, 0.4) is 0 Å². The summed E-state index contributed by atoms with van der Waals surface area (Å²) in [5.41, 5.74) is 11.6. The van der Waals surface area contributed by atoms with Gasteiger partial charge >= 0.3 is 0 Å². The van der Waals surface area contributed by atoms with E-state index in [0.717, 1.165) is 0 Å². The van der Waals surface area contributed by atoms with Crippen molar-refractivity contribution < 1.29 is 9.50 Å². The molecule has 0 aliphatic carbocycles. The van der Waals surface area contributed by atoms with Gasteiger partial charge in [0.25, 0.3) is 0 Å². The maximum atomic E-state index is 12.0. The molecule has 0 bridgehead atoms. The third kappa shape index (κ3) is 7.25. The molecule has 3 atom stereocenters. The van der Waals surface area contributed by atoms with Crippen molar-refractivity contribution in [1.29, 1.82) is 0 Å². The second-order valence-corrected chi connectivity index (χ2v) is 4.69. The number of rotatable bonds is 8. The SMILES string of the molecule is CC(C)C/N=C(/N)C(N)C(C)NCC(O)CF. The van der Waals surface area contributed by atoms with Crippen LogP contribution in [-0.4, -0.2) is 48.9 Å². The third-order valence-corrected chi connectivity index (χ3v) is 2.37. The molecular formula is C11H25FN4O. The number of hydrogen-bond acceptors (Lipinski definition) is 4. The number of nitrogens with two attached hydrogens (primary N) is 2. The Balaban J connectivity index is 4.10. The lowest BCUT2D eigenvalue weighted by molar-refractivity contribution is 0.134. The molecule has 0 radical (unpaired) electrons. The molecule has 0 saturated heterocycles. The minimum absolute atomic E-state index is 0.156. The van der Waals surface area contributed by atoms with Crippen LogP contribution < -0.4 is 16.8 Å². The van der Waals surface area contributed by atoms with Crippen LogP contribution in [0, 0.1) is 5.92 Å². The molecule has 0 aromatic rings. The molecule has 0 aromatic carbocycles. The van der Waals surface area contributed by atoms with Gasteiger partial charge < -0.3 is 21.9 Å². The van der Waals surface area contributed by atoms with Crippen LogP contribution >= 0.6 is 0 Å². The van der Waals surface area contributed by atoms with E-state index in [1.54, 1.807) is 0 Å². The van der Waals surface area contributed by atoms with E-state index in [2.05, 4.69) is 10.3 Å². The van der Waals surface area contributed by atoms with Crippen molar-refractivity contribution in [3.63, 3.8) is 0 Å². The predicted octanol–water partition coefficient (Wildman–Crippen LogP) is -0.365. The molecule has 0 aromatic heterocycles. The van der Waals surface area contributed by atoms with E-state index in [9.17, 15) is 4.39 Å². The van der Waals surface area contributed by atoms with Crippen molar-refractivity contribution in [2.45, 2.75) is 39.0 Å². The summed E-state index contributed by atoms with van der Waals surface area (Å²) in [5, 5.41) is 12.0. The van der Waals surface area contributed by atoms with Crippen molar-refractivity contribution in [3.05, 3.63) is 0 Å². The van der Waals surface area contributed by atoms with Crippen molar-refractivity contribution in [3.8, 4) is 0 Å². The number of aliphatic imine (C=N–C) groups is 1. The quantitative estimate of drug-likeness (QED) is 0.348. The Hall–Kier alpha value is -0.720. The number of alkyl halides is 1. The van der Waals surface area contributed by atoms with E-state index >= 15 is 0 Å². The number of halogens is 1. The Bertz CT molecular complexity index is 236. The maximum Gasteiger partial charge on any atom is 0.117 e. The number of nitrogens with one attached hydrogen (secondary N) is 1.